The minimum atomic E-state index is -1.84. The zero-order chi connectivity index (χ0) is 18.8. The normalized spacial score (nSPS) is 14.7. The Hall–Kier alpha value is -0.456. The van der Waals surface area contributed by atoms with Gasteiger partial charge in [-0.1, -0.05) is 84.6 Å². The van der Waals surface area contributed by atoms with E-state index in [1.54, 1.807) is 11.8 Å². The Kier molecular flexibility index (Phi) is 6.68. The molecule has 0 aliphatic heterocycles. The van der Waals surface area contributed by atoms with E-state index in [-0.39, 0.29) is 10.1 Å². The van der Waals surface area contributed by atoms with Gasteiger partial charge in [0.1, 0.15) is 8.07 Å². The third-order valence-electron chi connectivity index (χ3n) is 5.71. The van der Waals surface area contributed by atoms with Gasteiger partial charge in [0.2, 0.25) is 8.32 Å². The zero-order valence-corrected chi connectivity index (χ0v) is 20.1. The summed E-state index contributed by atoms with van der Waals surface area (Å²) < 4.78 is 6.86. The Morgan fingerprint density at radius 3 is 1.79 bits per heavy atom. The van der Waals surface area contributed by atoms with Crippen molar-refractivity contribution < 1.29 is 4.43 Å². The minimum absolute atomic E-state index is 0.214. The van der Waals surface area contributed by atoms with Gasteiger partial charge in [0.15, 0.2) is 0 Å². The molecule has 0 amide bonds. The second-order valence-electron chi connectivity index (χ2n) is 9.65. The molecule has 0 atom stereocenters. The highest BCUT2D eigenvalue weighted by atomic mass is 32.2. The lowest BCUT2D eigenvalue weighted by Crippen LogP contribution is -2.48. The summed E-state index contributed by atoms with van der Waals surface area (Å²) in [5.41, 5.74) is 0. The summed E-state index contributed by atoms with van der Waals surface area (Å²) in [6.45, 7) is 23.6. The predicted molar refractivity (Wildman–Crippen MR) is 116 cm³/mol. The first-order valence-corrected chi connectivity index (χ1v) is 15.6. The van der Waals surface area contributed by atoms with Crippen LogP contribution in [0.1, 0.15) is 41.5 Å². The van der Waals surface area contributed by atoms with Crippen molar-refractivity contribution in [3.63, 3.8) is 0 Å². The number of benzene rings is 1. The van der Waals surface area contributed by atoms with Crippen LogP contribution in [-0.4, -0.2) is 16.4 Å². The van der Waals surface area contributed by atoms with Gasteiger partial charge in [-0.2, -0.15) is 0 Å². The van der Waals surface area contributed by atoms with Crippen LogP contribution >= 0.6 is 11.8 Å². The largest absolute Gasteiger partial charge is 0.550 e. The first-order chi connectivity index (χ1) is 10.7. The average molecular weight is 381 g/mol. The summed E-state index contributed by atoms with van der Waals surface area (Å²) in [7, 11) is -3.57. The summed E-state index contributed by atoms with van der Waals surface area (Å²) in [6, 6.07) is 10.6. The fourth-order valence-electron chi connectivity index (χ4n) is 1.72. The molecule has 0 spiro atoms. The van der Waals surface area contributed by atoms with Crippen LogP contribution in [0.15, 0.2) is 46.0 Å². The van der Waals surface area contributed by atoms with E-state index in [4.69, 9.17) is 4.43 Å². The van der Waals surface area contributed by atoms with Crippen molar-refractivity contribution in [2.75, 3.05) is 0 Å². The van der Waals surface area contributed by atoms with Gasteiger partial charge in [-0.05, 0) is 35.3 Å². The van der Waals surface area contributed by atoms with Crippen LogP contribution in [0.3, 0.4) is 0 Å². The standard InChI is InChI=1S/C20H36OSSi2/c1-19(2,3)23(7,8)18(21-24(9,10)20(4,5)6)16-22-17-14-12-11-13-15-17/h11-16H,1-10H3/b18-16-. The van der Waals surface area contributed by atoms with E-state index in [0.29, 0.717) is 0 Å². The molecule has 1 rings (SSSR count). The van der Waals surface area contributed by atoms with Crippen LogP contribution in [-0.2, 0) is 4.43 Å². The molecule has 0 fully saturated rings. The molecule has 0 aliphatic rings. The Labute approximate surface area is 156 Å². The molecule has 0 heterocycles. The van der Waals surface area contributed by atoms with Crippen molar-refractivity contribution >= 4 is 28.2 Å². The van der Waals surface area contributed by atoms with E-state index >= 15 is 0 Å². The van der Waals surface area contributed by atoms with Crippen molar-refractivity contribution in [1.82, 2.24) is 0 Å². The van der Waals surface area contributed by atoms with Gasteiger partial charge in [-0.15, -0.1) is 0 Å². The lowest BCUT2D eigenvalue weighted by atomic mass is 10.2. The van der Waals surface area contributed by atoms with Gasteiger partial charge in [0.25, 0.3) is 0 Å². The Morgan fingerprint density at radius 1 is 0.875 bits per heavy atom. The lowest BCUT2D eigenvalue weighted by Gasteiger charge is -2.44. The molecule has 0 saturated carbocycles. The third kappa shape index (κ3) is 5.27. The quantitative estimate of drug-likeness (QED) is 0.294. The molecule has 1 nitrogen and oxygen atoms in total. The third-order valence-corrected chi connectivity index (χ3v) is 16.6. The molecule has 0 aliphatic carbocycles. The fourth-order valence-corrected chi connectivity index (χ4v) is 7.20. The van der Waals surface area contributed by atoms with Crippen molar-refractivity contribution in [3.8, 4) is 0 Å². The van der Waals surface area contributed by atoms with Gasteiger partial charge in [0.05, 0.1) is 5.38 Å². The van der Waals surface area contributed by atoms with E-state index in [9.17, 15) is 0 Å². The second-order valence-corrected chi connectivity index (χ2v) is 20.6. The lowest BCUT2D eigenvalue weighted by molar-refractivity contribution is 0.405. The van der Waals surface area contributed by atoms with Gasteiger partial charge >= 0.3 is 0 Å². The van der Waals surface area contributed by atoms with Gasteiger partial charge < -0.3 is 4.43 Å². The number of rotatable bonds is 5. The summed E-state index contributed by atoms with van der Waals surface area (Å²) in [5.74, 6) is 0. The number of thioether (sulfide) groups is 1. The summed E-state index contributed by atoms with van der Waals surface area (Å²) in [4.78, 5) is 1.27. The summed E-state index contributed by atoms with van der Waals surface area (Å²) >= 11 is 1.79. The average Bonchev–Trinajstić information content (AvgIpc) is 2.41. The van der Waals surface area contributed by atoms with Crippen molar-refractivity contribution in [1.29, 1.82) is 0 Å². The smallest absolute Gasteiger partial charge is 0.249 e. The van der Waals surface area contributed by atoms with E-state index < -0.39 is 16.4 Å². The van der Waals surface area contributed by atoms with Crippen LogP contribution in [0.5, 0.6) is 0 Å². The van der Waals surface area contributed by atoms with Crippen LogP contribution in [0.4, 0.5) is 0 Å². The maximum atomic E-state index is 6.86. The molecule has 0 saturated heterocycles. The predicted octanol–water partition coefficient (Wildman–Crippen LogP) is 7.69. The van der Waals surface area contributed by atoms with E-state index in [2.05, 4.69) is 103 Å². The maximum Gasteiger partial charge on any atom is 0.249 e. The van der Waals surface area contributed by atoms with Gasteiger partial charge in [0, 0.05) is 10.3 Å². The Bertz CT molecular complexity index is 564. The molecular weight excluding hydrogens is 344 g/mol. The molecular formula is C20H36OSSi2. The zero-order valence-electron chi connectivity index (χ0n) is 17.3. The topological polar surface area (TPSA) is 9.23 Å². The molecule has 4 heteroatoms. The Balaban J connectivity index is 3.22. The van der Waals surface area contributed by atoms with Crippen molar-refractivity contribution in [2.45, 2.75) is 82.7 Å². The fraction of sp³-hybridized carbons (Fsp3) is 0.600. The molecule has 0 radical (unpaired) electrons. The molecule has 0 aromatic heterocycles. The highest BCUT2D eigenvalue weighted by Crippen LogP contribution is 2.46. The van der Waals surface area contributed by atoms with Crippen molar-refractivity contribution in [3.05, 3.63) is 41.1 Å². The second kappa shape index (κ2) is 7.42. The minimum Gasteiger partial charge on any atom is -0.550 e. The molecule has 1 aromatic carbocycles. The van der Waals surface area contributed by atoms with Gasteiger partial charge in [-0.3, -0.25) is 0 Å². The number of hydrogen-bond donors (Lipinski definition) is 0. The molecule has 0 N–H and O–H groups in total. The molecule has 1 aromatic rings. The van der Waals surface area contributed by atoms with Crippen LogP contribution in [0.2, 0.25) is 36.3 Å². The molecule has 0 bridgehead atoms. The van der Waals surface area contributed by atoms with Crippen molar-refractivity contribution in [2.24, 2.45) is 0 Å². The Morgan fingerprint density at radius 2 is 1.38 bits per heavy atom. The first kappa shape index (κ1) is 21.6. The monoisotopic (exact) mass is 380 g/mol. The molecule has 24 heavy (non-hydrogen) atoms. The van der Waals surface area contributed by atoms with Crippen LogP contribution in [0, 0.1) is 0 Å². The summed E-state index contributed by atoms with van der Waals surface area (Å²) in [6.07, 6.45) is 0. The summed E-state index contributed by atoms with van der Waals surface area (Å²) in [5, 5.41) is 4.04. The highest BCUT2D eigenvalue weighted by Gasteiger charge is 2.46. The molecule has 136 valence electrons. The van der Waals surface area contributed by atoms with E-state index in [1.165, 1.54) is 10.3 Å². The van der Waals surface area contributed by atoms with Crippen LogP contribution < -0.4 is 0 Å². The van der Waals surface area contributed by atoms with Gasteiger partial charge in [-0.25, -0.2) is 0 Å². The molecule has 0 unspecified atom stereocenters. The SMILES string of the molecule is CC(C)(C)[Si](C)(C)O/C(=C/Sc1ccccc1)[Si](C)(C)C(C)(C)C. The first-order valence-electron chi connectivity index (χ1n) is 8.80. The maximum absolute atomic E-state index is 6.86. The van der Waals surface area contributed by atoms with E-state index in [0.717, 1.165) is 0 Å². The van der Waals surface area contributed by atoms with E-state index in [1.807, 2.05) is 0 Å². The highest BCUT2D eigenvalue weighted by molar-refractivity contribution is 8.02. The number of hydrogen-bond acceptors (Lipinski definition) is 2. The van der Waals surface area contributed by atoms with Crippen LogP contribution in [0.25, 0.3) is 0 Å².